The molecule has 0 aliphatic carbocycles. The van der Waals surface area contributed by atoms with Crippen molar-refractivity contribution in [1.82, 2.24) is 10.2 Å². The number of carboxylic acids is 1. The summed E-state index contributed by atoms with van der Waals surface area (Å²) in [4.78, 5) is 35.7. The van der Waals surface area contributed by atoms with Gasteiger partial charge in [0, 0.05) is 0 Å². The van der Waals surface area contributed by atoms with E-state index >= 15 is 0 Å². The van der Waals surface area contributed by atoms with Crippen molar-refractivity contribution in [2.75, 3.05) is 5.75 Å². The van der Waals surface area contributed by atoms with E-state index in [1.54, 1.807) is 0 Å². The molecule has 1 unspecified atom stereocenters. The summed E-state index contributed by atoms with van der Waals surface area (Å²) in [6, 6.07) is -2.01. The molecule has 9 heteroatoms. The van der Waals surface area contributed by atoms with Crippen LogP contribution in [0.5, 0.6) is 0 Å². The van der Waals surface area contributed by atoms with Crippen molar-refractivity contribution in [2.45, 2.75) is 17.5 Å². The van der Waals surface area contributed by atoms with Crippen LogP contribution in [0.3, 0.4) is 0 Å². The average molecular weight is 337 g/mol. The number of rotatable bonds is 3. The fraction of sp³-hybridized carbons (Fsp3) is 0.444. The van der Waals surface area contributed by atoms with Gasteiger partial charge < -0.3 is 15.3 Å². The zero-order chi connectivity index (χ0) is 13.4. The molecule has 7 nitrogen and oxygen atoms in total. The molecule has 0 spiro atoms. The number of β-lactam (4-membered cyclic amide) rings is 1. The summed E-state index contributed by atoms with van der Waals surface area (Å²) in [5, 5.41) is 10.6. The summed E-state index contributed by atoms with van der Waals surface area (Å²) in [7, 11) is -1.43. The molecule has 2 amide bonds. The van der Waals surface area contributed by atoms with Crippen molar-refractivity contribution >= 4 is 45.0 Å². The van der Waals surface area contributed by atoms with Crippen molar-refractivity contribution < 1.29 is 23.7 Å². The minimum Gasteiger partial charge on any atom is -0.479 e. The molecule has 0 radical (unpaired) electrons. The van der Waals surface area contributed by atoms with Crippen molar-refractivity contribution in [3.63, 3.8) is 0 Å². The van der Waals surface area contributed by atoms with E-state index in [-0.39, 0.29) is 5.75 Å². The number of carbonyl (C=O) groups is 3. The van der Waals surface area contributed by atoms with Gasteiger partial charge in [-0.25, -0.2) is 4.79 Å². The number of nitrogens with zero attached hydrogens (tertiary/aromatic N) is 1. The van der Waals surface area contributed by atoms with Crippen LogP contribution in [0.1, 0.15) is 0 Å². The number of aliphatic carboxylic acids is 1. The van der Waals surface area contributed by atoms with Gasteiger partial charge in [-0.05, 0) is 10.6 Å². The van der Waals surface area contributed by atoms with Crippen LogP contribution in [0.4, 0.5) is 0 Å². The first-order chi connectivity index (χ1) is 8.52. The number of nitrogens with one attached hydrogen (secondary N) is 1. The van der Waals surface area contributed by atoms with Gasteiger partial charge in [0.05, 0.1) is 16.6 Å². The lowest BCUT2D eigenvalue weighted by atomic mass is 9.99. The highest BCUT2D eigenvalue weighted by Crippen LogP contribution is 2.34. The molecule has 0 saturated carbocycles. The maximum atomic E-state index is 11.9. The molecule has 18 heavy (non-hydrogen) atoms. The zero-order valence-electron chi connectivity index (χ0n) is 8.91. The summed E-state index contributed by atoms with van der Waals surface area (Å²) in [5.74, 6) is -1.65. The molecule has 0 aromatic carbocycles. The molecule has 2 saturated heterocycles. The first kappa shape index (κ1) is 13.2. The minimum absolute atomic E-state index is 0.0632. The van der Waals surface area contributed by atoms with E-state index in [0.29, 0.717) is 12.0 Å². The first-order valence-corrected chi connectivity index (χ1v) is 7.23. The Morgan fingerprint density at radius 2 is 2.28 bits per heavy atom. The fourth-order valence-electron chi connectivity index (χ4n) is 2.14. The molecule has 0 aromatic rings. The summed E-state index contributed by atoms with van der Waals surface area (Å²) >= 11 is 3.01. The fourth-order valence-corrected chi connectivity index (χ4v) is 4.49. The molecule has 98 valence electrons. The van der Waals surface area contributed by atoms with Crippen molar-refractivity contribution in [3.8, 4) is 0 Å². The van der Waals surface area contributed by atoms with E-state index < -0.39 is 40.1 Å². The van der Waals surface area contributed by atoms with E-state index in [9.17, 15) is 18.6 Å². The molecular weight excluding hydrogens is 328 g/mol. The Morgan fingerprint density at radius 3 is 2.78 bits per heavy atom. The molecule has 4 atom stereocenters. The van der Waals surface area contributed by atoms with Crippen LogP contribution in [0, 0.1) is 0 Å². The lowest BCUT2D eigenvalue weighted by Gasteiger charge is -2.51. The van der Waals surface area contributed by atoms with E-state index in [1.165, 1.54) is 4.99 Å². The van der Waals surface area contributed by atoms with E-state index in [1.807, 2.05) is 0 Å². The van der Waals surface area contributed by atoms with Gasteiger partial charge in [-0.2, -0.15) is 0 Å². The monoisotopic (exact) mass is 336 g/mol. The van der Waals surface area contributed by atoms with Crippen LogP contribution in [0.15, 0.2) is 10.6 Å². The smallest absolute Gasteiger partial charge is 0.330 e. The van der Waals surface area contributed by atoms with E-state index in [4.69, 9.17) is 5.11 Å². The molecule has 2 aliphatic heterocycles. The minimum atomic E-state index is -1.43. The Morgan fingerprint density at radius 1 is 1.61 bits per heavy atom. The third kappa shape index (κ3) is 1.77. The Balaban J connectivity index is 2.34. The van der Waals surface area contributed by atoms with E-state index in [2.05, 4.69) is 21.2 Å². The summed E-state index contributed by atoms with van der Waals surface area (Å²) in [6.07, 6.45) is 0.350. The second-order valence-electron chi connectivity index (χ2n) is 3.85. The average Bonchev–Trinajstić information content (AvgIpc) is 2.34. The van der Waals surface area contributed by atoms with Gasteiger partial charge in [0.2, 0.25) is 12.3 Å². The Labute approximate surface area is 113 Å². The lowest BCUT2D eigenvalue weighted by molar-refractivity contribution is -0.159. The number of carbonyl (C=O) groups excluding carboxylic acids is 2. The predicted molar refractivity (Wildman–Crippen MR) is 65.1 cm³/mol. The molecule has 0 aromatic heterocycles. The Kier molecular flexibility index (Phi) is 3.53. The summed E-state index contributed by atoms with van der Waals surface area (Å²) in [5.41, 5.74) is 0.370. The van der Waals surface area contributed by atoms with E-state index in [0.717, 1.165) is 4.90 Å². The summed E-state index contributed by atoms with van der Waals surface area (Å²) < 4.78 is 11.9. The van der Waals surface area contributed by atoms with Gasteiger partial charge in [0.25, 0.3) is 0 Å². The number of carboxylic acid groups (broad SMARTS) is 1. The van der Waals surface area contributed by atoms with Crippen LogP contribution >= 0.6 is 15.9 Å². The van der Waals surface area contributed by atoms with Gasteiger partial charge in [0.1, 0.15) is 11.4 Å². The van der Waals surface area contributed by atoms with Gasteiger partial charge in [-0.3, -0.25) is 13.8 Å². The Hall–Kier alpha value is -1.22. The van der Waals surface area contributed by atoms with Gasteiger partial charge in [0.15, 0.2) is 6.04 Å². The zero-order valence-corrected chi connectivity index (χ0v) is 11.3. The van der Waals surface area contributed by atoms with Crippen molar-refractivity contribution in [1.29, 1.82) is 0 Å². The maximum absolute atomic E-state index is 11.9. The summed E-state index contributed by atoms with van der Waals surface area (Å²) in [6.45, 7) is 0. The third-order valence-corrected chi connectivity index (χ3v) is 5.15. The lowest BCUT2D eigenvalue weighted by Crippen LogP contribution is -2.77. The standard InChI is InChI=1S/C9H9BrN2O5S/c10-1-4-2-18(17)8-5(11-3-13)7(14)12(8)6(4)9(15)16/h1,3,5-6,8H,2H2,(H,11,13)(H,15,16)/b4-1+/t5-,6-,8-,18?/m1/s1. The topological polar surface area (TPSA) is 104 Å². The quantitative estimate of drug-likeness (QED) is 0.495. The molecule has 2 N–H and O–H groups in total. The van der Waals surface area contributed by atoms with Crippen LogP contribution in [-0.2, 0) is 25.2 Å². The number of halogens is 1. The van der Waals surface area contributed by atoms with Crippen molar-refractivity contribution in [3.05, 3.63) is 10.6 Å². The molecule has 2 fully saturated rings. The second kappa shape index (κ2) is 4.81. The highest BCUT2D eigenvalue weighted by atomic mass is 79.9. The van der Waals surface area contributed by atoms with Crippen molar-refractivity contribution in [2.24, 2.45) is 0 Å². The Bertz CT molecular complexity index is 480. The van der Waals surface area contributed by atoms with Gasteiger partial charge >= 0.3 is 5.97 Å². The number of amides is 2. The third-order valence-electron chi connectivity index (χ3n) is 2.91. The van der Waals surface area contributed by atoms with Crippen LogP contribution in [0.25, 0.3) is 0 Å². The highest BCUT2D eigenvalue weighted by Gasteiger charge is 2.58. The molecule has 0 bridgehead atoms. The molecule has 2 heterocycles. The van der Waals surface area contributed by atoms with Crippen LogP contribution < -0.4 is 5.32 Å². The van der Waals surface area contributed by atoms with Crippen LogP contribution in [0.2, 0.25) is 0 Å². The highest BCUT2D eigenvalue weighted by molar-refractivity contribution is 9.11. The number of hydrogen-bond acceptors (Lipinski definition) is 4. The number of fused-ring (bicyclic) bond motifs is 1. The largest absolute Gasteiger partial charge is 0.479 e. The molecule has 2 aliphatic rings. The van der Waals surface area contributed by atoms with Gasteiger partial charge in [-0.15, -0.1) is 0 Å². The maximum Gasteiger partial charge on any atom is 0.330 e. The SMILES string of the molecule is O=CN[C@@H]1C(=O)N2[C@@H]1S(=O)C/C(=C\Br)[C@@H]2C(=O)O. The predicted octanol–water partition coefficient (Wildman–Crippen LogP) is -1.24. The van der Waals surface area contributed by atoms with Gasteiger partial charge in [-0.1, -0.05) is 15.9 Å². The van der Waals surface area contributed by atoms with Crippen LogP contribution in [-0.4, -0.2) is 55.7 Å². The first-order valence-electron chi connectivity index (χ1n) is 4.94. The second-order valence-corrected chi connectivity index (χ2v) is 5.84. The normalized spacial score (nSPS) is 36.8. The molecule has 2 rings (SSSR count). The number of hydrogen-bond donors (Lipinski definition) is 2. The molecular formula is C9H9BrN2O5S.